The summed E-state index contributed by atoms with van der Waals surface area (Å²) in [6.45, 7) is 2.35. The van der Waals surface area contributed by atoms with Crippen molar-refractivity contribution < 1.29 is 9.18 Å². The molecule has 1 fully saturated rings. The van der Waals surface area contributed by atoms with Crippen molar-refractivity contribution in [1.82, 2.24) is 4.90 Å². The molecule has 24 heavy (non-hydrogen) atoms. The number of rotatable bonds is 3. The third-order valence-corrected chi connectivity index (χ3v) is 4.92. The predicted octanol–water partition coefficient (Wildman–Crippen LogP) is 5.21. The topological polar surface area (TPSA) is 32.7 Å². The fourth-order valence-electron chi connectivity index (χ4n) is 2.26. The lowest BCUT2D eigenvalue weighted by Gasteiger charge is -2.12. The average Bonchev–Trinajstić information content (AvgIpc) is 2.85. The van der Waals surface area contributed by atoms with Crippen molar-refractivity contribution in [2.45, 2.75) is 6.92 Å². The zero-order valence-corrected chi connectivity index (χ0v) is 15.3. The molecule has 1 aliphatic heterocycles. The molecule has 1 heterocycles. The van der Waals surface area contributed by atoms with E-state index in [4.69, 9.17) is 0 Å². The zero-order chi connectivity index (χ0) is 17.1. The maximum Gasteiger partial charge on any atom is 0.266 e. The molecule has 122 valence electrons. The zero-order valence-electron chi connectivity index (χ0n) is 12.9. The van der Waals surface area contributed by atoms with Crippen LogP contribution >= 0.6 is 27.7 Å². The first-order chi connectivity index (χ1) is 11.6. The summed E-state index contributed by atoms with van der Waals surface area (Å²) in [5.74, 6) is -0.518. The van der Waals surface area contributed by atoms with Gasteiger partial charge in [0, 0.05) is 11.0 Å². The molecule has 0 radical (unpaired) electrons. The molecule has 1 saturated heterocycles. The van der Waals surface area contributed by atoms with Gasteiger partial charge in [0.1, 0.15) is 11.5 Å². The maximum absolute atomic E-state index is 13.8. The number of likely N-dealkylation sites (N-methyl/N-ethyl adjacent to an activating group) is 1. The number of para-hydroxylation sites is 1. The number of carbonyl (C=O) groups is 1. The van der Waals surface area contributed by atoms with Crippen molar-refractivity contribution in [1.29, 1.82) is 0 Å². The van der Waals surface area contributed by atoms with Gasteiger partial charge in [0.25, 0.3) is 5.91 Å². The largest absolute Gasteiger partial charge is 0.287 e. The monoisotopic (exact) mass is 404 g/mol. The second kappa shape index (κ2) is 7.32. The number of hydrogen-bond acceptors (Lipinski definition) is 3. The van der Waals surface area contributed by atoms with E-state index in [2.05, 4.69) is 20.9 Å². The fourth-order valence-corrected chi connectivity index (χ4v) is 3.74. The number of aliphatic imine (C=N–C) groups is 1. The summed E-state index contributed by atoms with van der Waals surface area (Å²) < 4.78 is 14.8. The second-order valence-corrected chi connectivity index (χ2v) is 6.99. The Hall–Kier alpha value is -1.92. The van der Waals surface area contributed by atoms with Gasteiger partial charge in [0.05, 0.1) is 4.91 Å². The van der Waals surface area contributed by atoms with E-state index in [1.54, 1.807) is 23.1 Å². The highest BCUT2D eigenvalue weighted by molar-refractivity contribution is 9.10. The smallest absolute Gasteiger partial charge is 0.266 e. The van der Waals surface area contributed by atoms with Crippen LogP contribution in [-0.2, 0) is 4.79 Å². The van der Waals surface area contributed by atoms with Crippen molar-refractivity contribution in [2.24, 2.45) is 4.99 Å². The van der Waals surface area contributed by atoms with Crippen molar-refractivity contribution in [3.63, 3.8) is 0 Å². The molecular weight excluding hydrogens is 391 g/mol. The Morgan fingerprint density at radius 2 is 2.04 bits per heavy atom. The number of benzene rings is 2. The standard InChI is InChI=1S/C18H14BrFN2OS/c1-2-22-17(23)16(11-12-6-5-7-13(19)10-12)24-18(22)21-15-9-4-3-8-14(15)20/h3-11H,2H2,1H3/b16-11+,21-18?. The molecule has 1 amide bonds. The van der Waals surface area contributed by atoms with Crippen LogP contribution < -0.4 is 0 Å². The van der Waals surface area contributed by atoms with Gasteiger partial charge in [-0.3, -0.25) is 9.69 Å². The summed E-state index contributed by atoms with van der Waals surface area (Å²) in [7, 11) is 0. The summed E-state index contributed by atoms with van der Waals surface area (Å²) >= 11 is 4.68. The maximum atomic E-state index is 13.8. The molecule has 0 aromatic heterocycles. The highest BCUT2D eigenvalue weighted by Gasteiger charge is 2.32. The summed E-state index contributed by atoms with van der Waals surface area (Å²) in [5.41, 5.74) is 1.15. The van der Waals surface area contributed by atoms with Crippen LogP contribution in [0.15, 0.2) is 62.9 Å². The van der Waals surface area contributed by atoms with Crippen LogP contribution in [0.25, 0.3) is 6.08 Å². The van der Waals surface area contributed by atoms with E-state index in [1.165, 1.54) is 17.8 Å². The molecule has 0 bridgehead atoms. The molecule has 0 N–H and O–H groups in total. The normalized spacial score (nSPS) is 18.0. The van der Waals surface area contributed by atoms with E-state index in [0.717, 1.165) is 10.0 Å². The summed E-state index contributed by atoms with van der Waals surface area (Å²) in [4.78, 5) is 19.0. The highest BCUT2D eigenvalue weighted by Crippen LogP contribution is 2.34. The first-order valence-electron chi connectivity index (χ1n) is 7.38. The molecule has 0 unspecified atom stereocenters. The fraction of sp³-hybridized carbons (Fsp3) is 0.111. The minimum absolute atomic E-state index is 0.113. The highest BCUT2D eigenvalue weighted by atomic mass is 79.9. The van der Waals surface area contributed by atoms with Crippen LogP contribution in [0.2, 0.25) is 0 Å². The molecule has 0 saturated carbocycles. The lowest BCUT2D eigenvalue weighted by molar-refractivity contribution is -0.122. The van der Waals surface area contributed by atoms with Gasteiger partial charge in [-0.05, 0) is 54.6 Å². The molecule has 0 aliphatic carbocycles. The first kappa shape index (κ1) is 16.9. The Morgan fingerprint density at radius 3 is 2.75 bits per heavy atom. The minimum atomic E-state index is -0.404. The van der Waals surface area contributed by atoms with Crippen LogP contribution in [0.1, 0.15) is 12.5 Å². The van der Waals surface area contributed by atoms with Crippen molar-refractivity contribution in [2.75, 3.05) is 6.54 Å². The third-order valence-electron chi connectivity index (χ3n) is 3.42. The first-order valence-corrected chi connectivity index (χ1v) is 8.99. The Kier molecular flexibility index (Phi) is 5.16. The van der Waals surface area contributed by atoms with Crippen LogP contribution in [0.4, 0.5) is 10.1 Å². The third kappa shape index (κ3) is 3.60. The molecular formula is C18H14BrFN2OS. The molecule has 0 spiro atoms. The minimum Gasteiger partial charge on any atom is -0.287 e. The van der Waals surface area contributed by atoms with Crippen molar-refractivity contribution in [3.05, 3.63) is 69.3 Å². The van der Waals surface area contributed by atoms with Crippen LogP contribution in [0.5, 0.6) is 0 Å². The van der Waals surface area contributed by atoms with Gasteiger partial charge in [-0.15, -0.1) is 0 Å². The Bertz CT molecular complexity index is 850. The van der Waals surface area contributed by atoms with Crippen LogP contribution in [-0.4, -0.2) is 22.5 Å². The summed E-state index contributed by atoms with van der Waals surface area (Å²) in [5, 5.41) is 0.494. The van der Waals surface area contributed by atoms with Crippen LogP contribution in [0.3, 0.4) is 0 Å². The van der Waals surface area contributed by atoms with E-state index >= 15 is 0 Å². The molecule has 3 nitrogen and oxygen atoms in total. The molecule has 3 rings (SSSR count). The molecule has 2 aromatic carbocycles. The predicted molar refractivity (Wildman–Crippen MR) is 101 cm³/mol. The number of hydrogen-bond donors (Lipinski definition) is 0. The number of halogens is 2. The van der Waals surface area contributed by atoms with E-state index in [0.29, 0.717) is 16.6 Å². The molecule has 2 aromatic rings. The van der Waals surface area contributed by atoms with Gasteiger partial charge in [0.2, 0.25) is 0 Å². The van der Waals surface area contributed by atoms with Gasteiger partial charge in [-0.25, -0.2) is 9.38 Å². The van der Waals surface area contributed by atoms with E-state index in [1.807, 2.05) is 37.3 Å². The van der Waals surface area contributed by atoms with E-state index in [-0.39, 0.29) is 11.6 Å². The number of carbonyl (C=O) groups excluding carboxylic acids is 1. The molecule has 0 atom stereocenters. The average molecular weight is 405 g/mol. The number of thioether (sulfide) groups is 1. The quantitative estimate of drug-likeness (QED) is 0.657. The molecule has 6 heteroatoms. The summed E-state index contributed by atoms with van der Waals surface area (Å²) in [6.07, 6.45) is 1.82. The Labute approximate surface area is 152 Å². The number of amides is 1. The lowest BCUT2D eigenvalue weighted by atomic mass is 10.2. The SMILES string of the molecule is CCN1C(=O)/C(=C\c2cccc(Br)c2)SC1=Nc1ccccc1F. The second-order valence-electron chi connectivity index (χ2n) is 5.06. The Morgan fingerprint density at radius 1 is 1.25 bits per heavy atom. The Balaban J connectivity index is 1.96. The van der Waals surface area contributed by atoms with Gasteiger partial charge < -0.3 is 0 Å². The van der Waals surface area contributed by atoms with Crippen molar-refractivity contribution in [3.8, 4) is 0 Å². The van der Waals surface area contributed by atoms with E-state index < -0.39 is 5.82 Å². The molecule has 1 aliphatic rings. The van der Waals surface area contributed by atoms with Gasteiger partial charge in [-0.1, -0.05) is 40.2 Å². The van der Waals surface area contributed by atoms with Crippen LogP contribution in [0, 0.1) is 5.82 Å². The van der Waals surface area contributed by atoms with Crippen molar-refractivity contribution >= 4 is 50.5 Å². The van der Waals surface area contributed by atoms with Gasteiger partial charge in [0.15, 0.2) is 5.17 Å². The number of amidine groups is 1. The van der Waals surface area contributed by atoms with Gasteiger partial charge in [-0.2, -0.15) is 0 Å². The van der Waals surface area contributed by atoms with E-state index in [9.17, 15) is 9.18 Å². The van der Waals surface area contributed by atoms with Gasteiger partial charge >= 0.3 is 0 Å². The summed E-state index contributed by atoms with van der Waals surface area (Å²) in [6, 6.07) is 14.0. The lowest BCUT2D eigenvalue weighted by Crippen LogP contribution is -2.28. The number of nitrogens with zero attached hydrogens (tertiary/aromatic N) is 2.